The van der Waals surface area contributed by atoms with E-state index in [-0.39, 0.29) is 18.1 Å². The third-order valence-electron chi connectivity index (χ3n) is 4.32. The van der Waals surface area contributed by atoms with Crippen LogP contribution in [0.4, 0.5) is 0 Å². The second-order valence-electron chi connectivity index (χ2n) is 6.18. The monoisotopic (exact) mass is 298 g/mol. The molecule has 2 N–H and O–H groups in total. The van der Waals surface area contributed by atoms with Crippen molar-refractivity contribution in [2.75, 3.05) is 20.2 Å². The van der Waals surface area contributed by atoms with Gasteiger partial charge in [-0.3, -0.25) is 4.79 Å². The summed E-state index contributed by atoms with van der Waals surface area (Å²) in [7, 11) is 1.71. The smallest absolute Gasteiger partial charge is 0.220 e. The molecule has 1 heterocycles. The van der Waals surface area contributed by atoms with E-state index in [0.29, 0.717) is 6.42 Å². The Bertz CT molecular complexity index is 272. The molecule has 0 saturated carbocycles. The Labute approximate surface area is 130 Å². The highest BCUT2D eigenvalue weighted by atomic mass is 16.5. The number of carbonyl (C=O) groups is 1. The summed E-state index contributed by atoms with van der Waals surface area (Å²) in [5.41, 5.74) is 0. The van der Waals surface area contributed by atoms with E-state index in [1.165, 1.54) is 51.4 Å². The molecule has 1 aliphatic heterocycles. The van der Waals surface area contributed by atoms with Crippen molar-refractivity contribution >= 4 is 5.91 Å². The van der Waals surface area contributed by atoms with Gasteiger partial charge in [-0.05, 0) is 6.42 Å². The van der Waals surface area contributed by atoms with Crippen LogP contribution in [0.25, 0.3) is 0 Å². The number of ether oxygens (including phenoxy) is 1. The highest BCUT2D eigenvalue weighted by molar-refractivity contribution is 5.76. The van der Waals surface area contributed by atoms with Crippen molar-refractivity contribution in [2.24, 2.45) is 0 Å². The summed E-state index contributed by atoms with van der Waals surface area (Å²) in [5.74, 6) is 0.175. The first-order chi connectivity index (χ1) is 10.3. The third-order valence-corrected chi connectivity index (χ3v) is 4.32. The molecule has 0 aromatic heterocycles. The minimum absolute atomic E-state index is 0.122. The van der Waals surface area contributed by atoms with E-state index >= 15 is 0 Å². The summed E-state index contributed by atoms with van der Waals surface area (Å²) in [6, 6.07) is 0.140. The Kier molecular flexibility index (Phi) is 10.5. The normalized spacial score (nSPS) is 21.6. The second-order valence-corrected chi connectivity index (χ2v) is 6.18. The number of hydrogen-bond donors (Lipinski definition) is 2. The molecule has 2 atom stereocenters. The molecule has 0 bridgehead atoms. The van der Waals surface area contributed by atoms with Gasteiger partial charge < -0.3 is 15.4 Å². The summed E-state index contributed by atoms with van der Waals surface area (Å²) in [6.07, 6.45) is 12.4. The Balaban J connectivity index is 1.91. The molecule has 0 aromatic carbocycles. The number of unbranched alkanes of at least 4 members (excludes halogenated alkanes) is 8. The molecule has 0 aliphatic carbocycles. The minimum atomic E-state index is 0.122. The summed E-state index contributed by atoms with van der Waals surface area (Å²) >= 11 is 0. The molecule has 1 aliphatic rings. The highest BCUT2D eigenvalue weighted by Crippen LogP contribution is 2.11. The molecule has 1 rings (SSSR count). The standard InChI is InChI=1S/C17H34N2O2/c1-3-4-5-6-7-8-9-10-11-12-17(20)19-15-13-18-14-16(15)21-2/h15-16,18H,3-14H2,1-2H3,(H,19,20)/t15?,16-/m0/s1. The first-order valence-electron chi connectivity index (χ1n) is 8.80. The van der Waals surface area contributed by atoms with Gasteiger partial charge in [-0.25, -0.2) is 0 Å². The van der Waals surface area contributed by atoms with Crippen LogP contribution in [0.5, 0.6) is 0 Å². The zero-order chi connectivity index (χ0) is 15.3. The molecular formula is C17H34N2O2. The quantitative estimate of drug-likeness (QED) is 0.545. The zero-order valence-electron chi connectivity index (χ0n) is 14.0. The molecule has 0 aromatic rings. The Hall–Kier alpha value is -0.610. The summed E-state index contributed by atoms with van der Waals surface area (Å²) < 4.78 is 5.35. The van der Waals surface area contributed by atoms with E-state index in [9.17, 15) is 4.79 Å². The largest absolute Gasteiger partial charge is 0.378 e. The van der Waals surface area contributed by atoms with Crippen molar-refractivity contribution in [3.05, 3.63) is 0 Å². The van der Waals surface area contributed by atoms with Crippen molar-refractivity contribution in [3.8, 4) is 0 Å². The van der Waals surface area contributed by atoms with Gasteiger partial charge in [0.15, 0.2) is 0 Å². The Morgan fingerprint density at radius 1 is 1.05 bits per heavy atom. The molecule has 4 nitrogen and oxygen atoms in total. The van der Waals surface area contributed by atoms with Gasteiger partial charge in [-0.2, -0.15) is 0 Å². The maximum Gasteiger partial charge on any atom is 0.220 e. The Morgan fingerprint density at radius 2 is 1.67 bits per heavy atom. The molecule has 1 amide bonds. The predicted octanol–water partition coefficient (Wildman–Crippen LogP) is 3.01. The lowest BCUT2D eigenvalue weighted by atomic mass is 10.1. The summed E-state index contributed by atoms with van der Waals surface area (Å²) in [5, 5.41) is 6.32. The SMILES string of the molecule is CCCCCCCCCCCC(=O)NC1CNC[C@@H]1OC. The van der Waals surface area contributed by atoms with Crippen LogP contribution in [0.15, 0.2) is 0 Å². The fourth-order valence-electron chi connectivity index (χ4n) is 2.92. The van der Waals surface area contributed by atoms with Crippen molar-refractivity contribution in [3.63, 3.8) is 0 Å². The molecule has 1 fully saturated rings. The fraction of sp³-hybridized carbons (Fsp3) is 0.941. The van der Waals surface area contributed by atoms with Crippen LogP contribution in [0, 0.1) is 0 Å². The van der Waals surface area contributed by atoms with E-state index in [1.54, 1.807) is 7.11 Å². The van der Waals surface area contributed by atoms with Gasteiger partial charge in [0.25, 0.3) is 0 Å². The lowest BCUT2D eigenvalue weighted by Gasteiger charge is -2.18. The first kappa shape index (κ1) is 18.4. The highest BCUT2D eigenvalue weighted by Gasteiger charge is 2.27. The molecule has 124 valence electrons. The Morgan fingerprint density at radius 3 is 2.29 bits per heavy atom. The molecule has 21 heavy (non-hydrogen) atoms. The molecule has 1 unspecified atom stereocenters. The maximum atomic E-state index is 11.9. The lowest BCUT2D eigenvalue weighted by molar-refractivity contribution is -0.122. The van der Waals surface area contributed by atoms with Crippen LogP contribution < -0.4 is 10.6 Å². The van der Waals surface area contributed by atoms with Gasteiger partial charge in [0.05, 0.1) is 12.1 Å². The van der Waals surface area contributed by atoms with E-state index in [4.69, 9.17) is 4.74 Å². The zero-order valence-corrected chi connectivity index (χ0v) is 14.0. The average Bonchev–Trinajstić information content (AvgIpc) is 2.92. The van der Waals surface area contributed by atoms with Crippen molar-refractivity contribution < 1.29 is 9.53 Å². The van der Waals surface area contributed by atoms with Gasteiger partial charge in [-0.15, -0.1) is 0 Å². The number of nitrogens with one attached hydrogen (secondary N) is 2. The van der Waals surface area contributed by atoms with E-state index < -0.39 is 0 Å². The predicted molar refractivity (Wildman–Crippen MR) is 87.4 cm³/mol. The summed E-state index contributed by atoms with van der Waals surface area (Å²) in [4.78, 5) is 11.9. The van der Waals surface area contributed by atoms with Gasteiger partial charge in [0.2, 0.25) is 5.91 Å². The molecule has 0 radical (unpaired) electrons. The average molecular weight is 298 g/mol. The van der Waals surface area contributed by atoms with Crippen LogP contribution in [-0.4, -0.2) is 38.3 Å². The van der Waals surface area contributed by atoms with Gasteiger partial charge in [-0.1, -0.05) is 58.3 Å². The minimum Gasteiger partial charge on any atom is -0.378 e. The molecule has 4 heteroatoms. The van der Waals surface area contributed by atoms with Crippen LogP contribution >= 0.6 is 0 Å². The molecular weight excluding hydrogens is 264 g/mol. The topological polar surface area (TPSA) is 50.4 Å². The number of hydrogen-bond acceptors (Lipinski definition) is 3. The van der Waals surface area contributed by atoms with Crippen LogP contribution in [-0.2, 0) is 9.53 Å². The fourth-order valence-corrected chi connectivity index (χ4v) is 2.92. The second kappa shape index (κ2) is 12.0. The number of carbonyl (C=O) groups excluding carboxylic acids is 1. The van der Waals surface area contributed by atoms with Gasteiger partial charge in [0.1, 0.15) is 0 Å². The maximum absolute atomic E-state index is 11.9. The van der Waals surface area contributed by atoms with Gasteiger partial charge in [0, 0.05) is 26.6 Å². The van der Waals surface area contributed by atoms with Gasteiger partial charge >= 0.3 is 0 Å². The molecule has 1 saturated heterocycles. The lowest BCUT2D eigenvalue weighted by Crippen LogP contribution is -2.43. The van der Waals surface area contributed by atoms with Crippen molar-refractivity contribution in [1.29, 1.82) is 0 Å². The van der Waals surface area contributed by atoms with Crippen LogP contribution in [0.3, 0.4) is 0 Å². The van der Waals surface area contributed by atoms with E-state index in [1.807, 2.05) is 0 Å². The third kappa shape index (κ3) is 8.42. The summed E-state index contributed by atoms with van der Waals surface area (Å²) in [6.45, 7) is 3.91. The number of methoxy groups -OCH3 is 1. The number of amides is 1. The van der Waals surface area contributed by atoms with E-state index in [0.717, 1.165) is 19.5 Å². The number of rotatable bonds is 12. The van der Waals surface area contributed by atoms with Crippen LogP contribution in [0.1, 0.15) is 71.1 Å². The van der Waals surface area contributed by atoms with Crippen molar-refractivity contribution in [2.45, 2.75) is 83.3 Å². The molecule has 0 spiro atoms. The van der Waals surface area contributed by atoms with Crippen LogP contribution in [0.2, 0.25) is 0 Å². The van der Waals surface area contributed by atoms with Crippen molar-refractivity contribution in [1.82, 2.24) is 10.6 Å². The first-order valence-corrected chi connectivity index (χ1v) is 8.80. The van der Waals surface area contributed by atoms with E-state index in [2.05, 4.69) is 17.6 Å².